The highest BCUT2D eigenvalue weighted by molar-refractivity contribution is 5.92. The van der Waals surface area contributed by atoms with E-state index in [4.69, 9.17) is 0 Å². The number of phenolic OH excluding ortho intramolecular Hbond substituents is 1. The highest BCUT2D eigenvalue weighted by Crippen LogP contribution is 2.18. The van der Waals surface area contributed by atoms with Gasteiger partial charge in [-0.3, -0.25) is 4.79 Å². The predicted octanol–water partition coefficient (Wildman–Crippen LogP) is 3.27. The maximum atomic E-state index is 11.8. The lowest BCUT2D eigenvalue weighted by molar-refractivity contribution is -0.116. The molecule has 0 unspecified atom stereocenters. The van der Waals surface area contributed by atoms with E-state index >= 15 is 0 Å². The van der Waals surface area contributed by atoms with Crippen LogP contribution in [0.2, 0.25) is 0 Å². The molecule has 3 aromatic rings. The molecule has 1 amide bonds. The van der Waals surface area contributed by atoms with Gasteiger partial charge in [-0.05, 0) is 35.9 Å². The van der Waals surface area contributed by atoms with Crippen molar-refractivity contribution in [3.8, 4) is 5.75 Å². The van der Waals surface area contributed by atoms with Crippen LogP contribution < -0.4 is 5.32 Å². The van der Waals surface area contributed by atoms with Crippen LogP contribution in [0, 0.1) is 0 Å². The van der Waals surface area contributed by atoms with Crippen molar-refractivity contribution in [2.45, 2.75) is 6.54 Å². The predicted molar refractivity (Wildman–Crippen MR) is 90.7 cm³/mol. The number of phenols is 1. The minimum atomic E-state index is -0.165. The van der Waals surface area contributed by atoms with Crippen molar-refractivity contribution in [3.05, 3.63) is 78.0 Å². The van der Waals surface area contributed by atoms with Crippen LogP contribution in [0.4, 0.5) is 0 Å². The summed E-state index contributed by atoms with van der Waals surface area (Å²) in [6.07, 6.45) is 3.14. The largest absolute Gasteiger partial charge is 0.508 e. The van der Waals surface area contributed by atoms with Crippen molar-refractivity contribution in [1.82, 2.24) is 10.3 Å². The first-order valence-electron chi connectivity index (χ1n) is 7.30. The van der Waals surface area contributed by atoms with Crippen molar-refractivity contribution >= 4 is 22.9 Å². The molecule has 0 fully saturated rings. The summed E-state index contributed by atoms with van der Waals surface area (Å²) in [5, 5.41) is 13.1. The Kier molecular flexibility index (Phi) is 4.34. The molecule has 0 atom stereocenters. The van der Waals surface area contributed by atoms with Gasteiger partial charge in [0.25, 0.3) is 0 Å². The molecule has 1 aromatic heterocycles. The maximum absolute atomic E-state index is 11.8. The number of benzene rings is 2. The second-order valence-corrected chi connectivity index (χ2v) is 5.15. The second kappa shape index (κ2) is 6.75. The fourth-order valence-corrected chi connectivity index (χ4v) is 2.23. The third-order valence-electron chi connectivity index (χ3n) is 3.41. The molecule has 0 saturated carbocycles. The lowest BCUT2D eigenvalue weighted by atomic mass is 10.2. The summed E-state index contributed by atoms with van der Waals surface area (Å²) in [6, 6.07) is 18.4. The number of carbonyl (C=O) groups excluding carboxylic acids is 1. The van der Waals surface area contributed by atoms with E-state index in [0.29, 0.717) is 12.2 Å². The Balaban J connectivity index is 1.65. The number of amides is 1. The van der Waals surface area contributed by atoms with Gasteiger partial charge in [0.1, 0.15) is 5.75 Å². The van der Waals surface area contributed by atoms with Crippen LogP contribution >= 0.6 is 0 Å². The van der Waals surface area contributed by atoms with Gasteiger partial charge in [-0.15, -0.1) is 0 Å². The summed E-state index contributed by atoms with van der Waals surface area (Å²) >= 11 is 0. The molecule has 114 valence electrons. The first-order chi connectivity index (χ1) is 11.2. The van der Waals surface area contributed by atoms with Crippen molar-refractivity contribution in [3.63, 3.8) is 0 Å². The van der Waals surface area contributed by atoms with Gasteiger partial charge >= 0.3 is 0 Å². The minimum absolute atomic E-state index is 0.165. The Hall–Kier alpha value is -3.14. The number of hydrogen-bond acceptors (Lipinski definition) is 3. The molecule has 0 aliphatic heterocycles. The zero-order valence-electron chi connectivity index (χ0n) is 12.4. The lowest BCUT2D eigenvalue weighted by Gasteiger charge is -2.02. The van der Waals surface area contributed by atoms with Gasteiger partial charge in [0.15, 0.2) is 0 Å². The van der Waals surface area contributed by atoms with Crippen molar-refractivity contribution in [2.75, 3.05) is 0 Å². The van der Waals surface area contributed by atoms with E-state index in [2.05, 4.69) is 10.3 Å². The molecule has 0 aliphatic carbocycles. The SMILES string of the molecule is O=C(/C=C/c1ccc2cc(O)ccc2n1)NCc1ccccc1. The third-order valence-corrected chi connectivity index (χ3v) is 3.41. The second-order valence-electron chi connectivity index (χ2n) is 5.15. The third kappa shape index (κ3) is 3.95. The topological polar surface area (TPSA) is 62.2 Å². The lowest BCUT2D eigenvalue weighted by Crippen LogP contribution is -2.20. The van der Waals surface area contributed by atoms with Crippen molar-refractivity contribution < 1.29 is 9.90 Å². The average Bonchev–Trinajstić information content (AvgIpc) is 2.59. The number of carbonyl (C=O) groups is 1. The zero-order valence-corrected chi connectivity index (χ0v) is 12.4. The van der Waals surface area contributed by atoms with E-state index in [1.54, 1.807) is 24.3 Å². The molecule has 0 spiro atoms. The number of fused-ring (bicyclic) bond motifs is 1. The molecular weight excluding hydrogens is 288 g/mol. The first kappa shape index (κ1) is 14.8. The van der Waals surface area contributed by atoms with E-state index in [-0.39, 0.29) is 11.7 Å². The molecule has 4 heteroatoms. The van der Waals surface area contributed by atoms with Gasteiger partial charge in [-0.25, -0.2) is 4.98 Å². The average molecular weight is 304 g/mol. The monoisotopic (exact) mass is 304 g/mol. The van der Waals surface area contributed by atoms with Crippen LogP contribution in [0.3, 0.4) is 0 Å². The van der Waals surface area contributed by atoms with Gasteiger partial charge in [-0.1, -0.05) is 36.4 Å². The summed E-state index contributed by atoms with van der Waals surface area (Å²) in [5.41, 5.74) is 2.52. The number of rotatable bonds is 4. The van der Waals surface area contributed by atoms with Crippen LogP contribution in [-0.2, 0) is 11.3 Å². The first-order valence-corrected chi connectivity index (χ1v) is 7.30. The Morgan fingerprint density at radius 3 is 2.74 bits per heavy atom. The van der Waals surface area contributed by atoms with Gasteiger partial charge < -0.3 is 10.4 Å². The van der Waals surface area contributed by atoms with Crippen LogP contribution in [-0.4, -0.2) is 16.0 Å². The molecule has 2 aromatic carbocycles. The molecule has 0 bridgehead atoms. The fraction of sp³-hybridized carbons (Fsp3) is 0.0526. The number of nitrogens with zero attached hydrogens (tertiary/aromatic N) is 1. The van der Waals surface area contributed by atoms with Crippen LogP contribution in [0.25, 0.3) is 17.0 Å². The highest BCUT2D eigenvalue weighted by atomic mass is 16.3. The smallest absolute Gasteiger partial charge is 0.244 e. The van der Waals surface area contributed by atoms with E-state index in [1.807, 2.05) is 42.5 Å². The highest BCUT2D eigenvalue weighted by Gasteiger charge is 1.99. The summed E-state index contributed by atoms with van der Waals surface area (Å²) < 4.78 is 0. The molecule has 23 heavy (non-hydrogen) atoms. The van der Waals surface area contributed by atoms with Gasteiger partial charge in [0, 0.05) is 18.0 Å². The minimum Gasteiger partial charge on any atom is -0.508 e. The van der Waals surface area contributed by atoms with Crippen LogP contribution in [0.15, 0.2) is 66.7 Å². The summed E-state index contributed by atoms with van der Waals surface area (Å²) in [6.45, 7) is 0.494. The molecule has 1 heterocycles. The summed E-state index contributed by atoms with van der Waals surface area (Å²) in [7, 11) is 0. The van der Waals surface area contributed by atoms with Crippen molar-refractivity contribution in [1.29, 1.82) is 0 Å². The number of aromatic nitrogens is 1. The summed E-state index contributed by atoms with van der Waals surface area (Å²) in [5.74, 6) is 0.0457. The quantitative estimate of drug-likeness (QED) is 0.727. The summed E-state index contributed by atoms with van der Waals surface area (Å²) in [4.78, 5) is 16.3. The number of hydrogen-bond donors (Lipinski definition) is 2. The number of nitrogens with one attached hydrogen (secondary N) is 1. The maximum Gasteiger partial charge on any atom is 0.244 e. The van der Waals surface area contributed by atoms with E-state index < -0.39 is 0 Å². The van der Waals surface area contributed by atoms with E-state index in [9.17, 15) is 9.90 Å². The Morgan fingerprint density at radius 1 is 1.09 bits per heavy atom. The number of aromatic hydroxyl groups is 1. The van der Waals surface area contributed by atoms with E-state index in [1.165, 1.54) is 6.08 Å². The molecule has 4 nitrogen and oxygen atoms in total. The zero-order chi connectivity index (χ0) is 16.1. The van der Waals surface area contributed by atoms with Gasteiger partial charge in [-0.2, -0.15) is 0 Å². The molecule has 2 N–H and O–H groups in total. The standard InChI is InChI=1S/C19H16N2O2/c22-17-9-10-18-15(12-17)6-7-16(21-18)8-11-19(23)20-13-14-4-2-1-3-5-14/h1-12,22H,13H2,(H,20,23)/b11-8+. The molecule has 0 radical (unpaired) electrons. The van der Waals surface area contributed by atoms with Crippen LogP contribution in [0.5, 0.6) is 5.75 Å². The molecule has 3 rings (SSSR count). The van der Waals surface area contributed by atoms with E-state index in [0.717, 1.165) is 16.5 Å². The molecule has 0 saturated heterocycles. The Labute approximate surface area is 134 Å². The molecule has 0 aliphatic rings. The van der Waals surface area contributed by atoms with Crippen molar-refractivity contribution in [2.24, 2.45) is 0 Å². The number of pyridine rings is 1. The fourth-order valence-electron chi connectivity index (χ4n) is 2.23. The molecular formula is C19H16N2O2. The van der Waals surface area contributed by atoms with Crippen LogP contribution in [0.1, 0.15) is 11.3 Å². The Bertz CT molecular complexity index is 858. The normalized spacial score (nSPS) is 11.0. The Morgan fingerprint density at radius 2 is 1.91 bits per heavy atom. The van der Waals surface area contributed by atoms with Gasteiger partial charge in [0.2, 0.25) is 5.91 Å². The van der Waals surface area contributed by atoms with Gasteiger partial charge in [0.05, 0.1) is 11.2 Å².